The number of hydrogen-bond donors (Lipinski definition) is 2. The number of aryl methyl sites for hydroxylation is 1. The van der Waals surface area contributed by atoms with Gasteiger partial charge in [0.15, 0.2) is 22.3 Å². The molecule has 0 aliphatic rings. The summed E-state index contributed by atoms with van der Waals surface area (Å²) in [5, 5.41) is 8.18. The van der Waals surface area contributed by atoms with Gasteiger partial charge in [-0.3, -0.25) is 14.9 Å². The number of rotatable bonds is 4. The highest BCUT2D eigenvalue weighted by atomic mass is 32.1. The van der Waals surface area contributed by atoms with Crippen LogP contribution in [-0.4, -0.2) is 16.8 Å². The molecule has 2 N–H and O–H groups in total. The highest BCUT2D eigenvalue weighted by molar-refractivity contribution is 7.14. The van der Waals surface area contributed by atoms with Crippen LogP contribution in [0.4, 0.5) is 15.2 Å². The molecule has 146 valence electrons. The molecule has 0 saturated carbocycles. The number of hydrogen-bond acceptors (Lipinski definition) is 5. The highest BCUT2D eigenvalue weighted by Gasteiger charge is 2.20. The van der Waals surface area contributed by atoms with Gasteiger partial charge in [-0.05, 0) is 25.1 Å². The fraction of sp³-hybridized carbons (Fsp3) is 0.0952. The maximum Gasteiger partial charge on any atom is 0.293 e. The molecule has 0 radical (unpaired) electrons. The zero-order chi connectivity index (χ0) is 20.5. The molecule has 6 nitrogen and oxygen atoms in total. The van der Waals surface area contributed by atoms with E-state index in [1.54, 1.807) is 31.2 Å². The van der Waals surface area contributed by atoms with Crippen molar-refractivity contribution in [3.8, 4) is 11.3 Å². The van der Waals surface area contributed by atoms with Gasteiger partial charge >= 0.3 is 0 Å². The molecule has 2 heterocycles. The number of furan rings is 1. The largest absolute Gasteiger partial charge is 0.448 e. The average Bonchev–Trinajstić information content (AvgIpc) is 3.28. The number of benzene rings is 2. The molecule has 0 unspecified atom stereocenters. The van der Waals surface area contributed by atoms with Crippen molar-refractivity contribution >= 4 is 44.9 Å². The van der Waals surface area contributed by atoms with Crippen molar-refractivity contribution in [1.82, 2.24) is 4.98 Å². The Labute approximate surface area is 169 Å². The quantitative estimate of drug-likeness (QED) is 0.484. The second-order valence-electron chi connectivity index (χ2n) is 6.42. The molecule has 0 saturated heterocycles. The zero-order valence-electron chi connectivity index (χ0n) is 15.6. The van der Waals surface area contributed by atoms with Gasteiger partial charge in [-0.1, -0.05) is 24.3 Å². The summed E-state index contributed by atoms with van der Waals surface area (Å²) in [7, 11) is 0. The number of carbonyl (C=O) groups excluding carboxylic acids is 2. The first-order valence-corrected chi connectivity index (χ1v) is 9.63. The predicted molar refractivity (Wildman–Crippen MR) is 111 cm³/mol. The number of amides is 2. The van der Waals surface area contributed by atoms with E-state index in [9.17, 15) is 14.0 Å². The SMILES string of the molecule is CC(=O)Nc1ccc(-c2csc(NC(=O)c3oc4c(F)cccc4c3C)n2)cc1. The van der Waals surface area contributed by atoms with Crippen LogP contribution in [0.2, 0.25) is 0 Å². The molecular formula is C21H16FN3O3S. The number of nitrogens with zero attached hydrogens (tertiary/aromatic N) is 1. The average molecular weight is 409 g/mol. The standard InChI is InChI=1S/C21H16FN3O3S/c1-11-15-4-3-5-16(22)19(15)28-18(11)20(27)25-21-24-17(10-29-21)13-6-8-14(9-7-13)23-12(2)26/h3-10H,1-2H3,(H,23,26)(H,24,25,27). The number of thiazole rings is 1. The second-order valence-corrected chi connectivity index (χ2v) is 7.28. The molecule has 2 amide bonds. The van der Waals surface area contributed by atoms with Crippen molar-refractivity contribution in [2.45, 2.75) is 13.8 Å². The summed E-state index contributed by atoms with van der Waals surface area (Å²) in [6, 6.07) is 11.8. The summed E-state index contributed by atoms with van der Waals surface area (Å²) in [6.45, 7) is 3.16. The van der Waals surface area contributed by atoms with Crippen molar-refractivity contribution < 1.29 is 18.4 Å². The third-order valence-corrected chi connectivity index (χ3v) is 5.11. The van der Waals surface area contributed by atoms with Crippen molar-refractivity contribution in [3.05, 3.63) is 65.0 Å². The van der Waals surface area contributed by atoms with E-state index in [0.717, 1.165) is 5.56 Å². The Morgan fingerprint density at radius 1 is 1.10 bits per heavy atom. The first kappa shape index (κ1) is 18.8. The Morgan fingerprint density at radius 3 is 2.55 bits per heavy atom. The molecular weight excluding hydrogens is 393 g/mol. The minimum Gasteiger partial charge on any atom is -0.448 e. The molecule has 29 heavy (non-hydrogen) atoms. The van der Waals surface area contributed by atoms with Crippen molar-refractivity contribution in [3.63, 3.8) is 0 Å². The Morgan fingerprint density at radius 2 is 1.86 bits per heavy atom. The molecule has 0 aliphatic heterocycles. The molecule has 0 aliphatic carbocycles. The van der Waals surface area contributed by atoms with Gasteiger partial charge in [0.2, 0.25) is 5.91 Å². The van der Waals surface area contributed by atoms with E-state index in [4.69, 9.17) is 4.42 Å². The monoisotopic (exact) mass is 409 g/mol. The number of para-hydroxylation sites is 1. The van der Waals surface area contributed by atoms with E-state index in [2.05, 4.69) is 15.6 Å². The van der Waals surface area contributed by atoms with Crippen LogP contribution in [0.25, 0.3) is 22.2 Å². The first-order valence-electron chi connectivity index (χ1n) is 8.75. The minimum absolute atomic E-state index is 0.0570. The van der Waals surface area contributed by atoms with Crippen LogP contribution in [-0.2, 0) is 4.79 Å². The van der Waals surface area contributed by atoms with Crippen LogP contribution in [0.5, 0.6) is 0 Å². The van der Waals surface area contributed by atoms with Crippen LogP contribution in [0.15, 0.2) is 52.3 Å². The maximum atomic E-state index is 13.9. The minimum atomic E-state index is -0.510. The third-order valence-electron chi connectivity index (χ3n) is 4.35. The number of nitrogens with one attached hydrogen (secondary N) is 2. The lowest BCUT2D eigenvalue weighted by Crippen LogP contribution is -2.11. The molecule has 0 bridgehead atoms. The van der Waals surface area contributed by atoms with Gasteiger partial charge < -0.3 is 9.73 Å². The number of anilines is 2. The molecule has 2 aromatic heterocycles. The van der Waals surface area contributed by atoms with Crippen LogP contribution in [0.3, 0.4) is 0 Å². The van der Waals surface area contributed by atoms with E-state index in [-0.39, 0.29) is 17.3 Å². The molecule has 0 atom stereocenters. The summed E-state index contributed by atoms with van der Waals surface area (Å²) in [4.78, 5) is 28.1. The van der Waals surface area contributed by atoms with Gasteiger partial charge in [-0.25, -0.2) is 9.37 Å². The van der Waals surface area contributed by atoms with Gasteiger partial charge in [-0.15, -0.1) is 11.3 Å². The van der Waals surface area contributed by atoms with Gasteiger partial charge in [0.25, 0.3) is 5.91 Å². The number of aromatic nitrogens is 1. The van der Waals surface area contributed by atoms with E-state index in [0.29, 0.717) is 27.5 Å². The molecule has 0 spiro atoms. The van der Waals surface area contributed by atoms with Gasteiger partial charge in [0.05, 0.1) is 5.69 Å². The van der Waals surface area contributed by atoms with E-state index in [1.807, 2.05) is 17.5 Å². The lowest BCUT2D eigenvalue weighted by atomic mass is 10.1. The van der Waals surface area contributed by atoms with E-state index < -0.39 is 11.7 Å². The lowest BCUT2D eigenvalue weighted by molar-refractivity contribution is -0.114. The molecule has 2 aromatic carbocycles. The Bertz CT molecular complexity index is 1230. The summed E-state index contributed by atoms with van der Waals surface area (Å²) >= 11 is 1.27. The van der Waals surface area contributed by atoms with Crippen molar-refractivity contribution in [2.24, 2.45) is 0 Å². The Balaban J connectivity index is 1.53. The highest BCUT2D eigenvalue weighted by Crippen LogP contribution is 2.29. The number of fused-ring (bicyclic) bond motifs is 1. The van der Waals surface area contributed by atoms with Crippen LogP contribution in [0, 0.1) is 12.7 Å². The second kappa shape index (κ2) is 7.48. The summed E-state index contributed by atoms with van der Waals surface area (Å²) in [5.41, 5.74) is 2.86. The van der Waals surface area contributed by atoms with Gasteiger partial charge in [0, 0.05) is 34.5 Å². The number of carbonyl (C=O) groups is 2. The molecule has 4 aromatic rings. The normalized spacial score (nSPS) is 10.9. The summed E-state index contributed by atoms with van der Waals surface area (Å²) in [5.74, 6) is -1.08. The van der Waals surface area contributed by atoms with Gasteiger partial charge in [0.1, 0.15) is 0 Å². The summed E-state index contributed by atoms with van der Waals surface area (Å²) < 4.78 is 19.4. The fourth-order valence-corrected chi connectivity index (χ4v) is 3.69. The Hall–Kier alpha value is -3.52. The van der Waals surface area contributed by atoms with Crippen LogP contribution in [0.1, 0.15) is 23.0 Å². The first-order chi connectivity index (χ1) is 13.9. The smallest absolute Gasteiger partial charge is 0.293 e. The van der Waals surface area contributed by atoms with Crippen molar-refractivity contribution in [1.29, 1.82) is 0 Å². The number of halogens is 1. The molecule has 0 fully saturated rings. The lowest BCUT2D eigenvalue weighted by Gasteiger charge is -2.03. The summed E-state index contributed by atoms with van der Waals surface area (Å²) in [6.07, 6.45) is 0. The van der Waals surface area contributed by atoms with E-state index >= 15 is 0 Å². The topological polar surface area (TPSA) is 84.2 Å². The van der Waals surface area contributed by atoms with Crippen molar-refractivity contribution in [2.75, 3.05) is 10.6 Å². The third kappa shape index (κ3) is 3.74. The Kier molecular flexibility index (Phi) is 4.85. The van der Waals surface area contributed by atoms with Crippen LogP contribution >= 0.6 is 11.3 Å². The fourth-order valence-electron chi connectivity index (χ4n) is 2.97. The molecule has 8 heteroatoms. The maximum absolute atomic E-state index is 13.9. The van der Waals surface area contributed by atoms with Gasteiger partial charge in [-0.2, -0.15) is 0 Å². The predicted octanol–water partition coefficient (Wildman–Crippen LogP) is 5.21. The zero-order valence-corrected chi connectivity index (χ0v) is 16.4. The van der Waals surface area contributed by atoms with E-state index in [1.165, 1.54) is 24.3 Å². The van der Waals surface area contributed by atoms with Crippen LogP contribution < -0.4 is 10.6 Å². The molecule has 4 rings (SSSR count).